The van der Waals surface area contributed by atoms with E-state index in [2.05, 4.69) is 19.2 Å². The smallest absolute Gasteiger partial charge is 0.237 e. The van der Waals surface area contributed by atoms with Crippen molar-refractivity contribution in [1.29, 1.82) is 0 Å². The molecule has 0 spiro atoms. The second kappa shape index (κ2) is 6.89. The van der Waals surface area contributed by atoms with Crippen LogP contribution in [0.2, 0.25) is 0 Å². The van der Waals surface area contributed by atoms with E-state index in [1.54, 1.807) is 0 Å². The molecule has 1 saturated carbocycles. The van der Waals surface area contributed by atoms with Crippen molar-refractivity contribution in [1.82, 2.24) is 5.32 Å². The number of carbonyl (C=O) groups excluding carboxylic acids is 1. The second-order valence-corrected chi connectivity index (χ2v) is 6.42. The maximum absolute atomic E-state index is 12.2. The third-order valence-electron chi connectivity index (χ3n) is 4.16. The monoisotopic (exact) mass is 274 g/mol. The van der Waals surface area contributed by atoms with E-state index in [4.69, 9.17) is 5.73 Å². The number of hydrogen-bond donors (Lipinski definition) is 2. The Morgan fingerprint density at radius 3 is 2.40 bits per heavy atom. The second-order valence-electron chi connectivity index (χ2n) is 6.42. The SMILES string of the molecule is CC1CC(C)CC(NC(=O)C(N)Cc2ccccc2)C1. The lowest BCUT2D eigenvalue weighted by molar-refractivity contribution is -0.123. The van der Waals surface area contributed by atoms with E-state index in [0.717, 1.165) is 18.4 Å². The molecule has 2 rings (SSSR count). The Kier molecular flexibility index (Phi) is 5.18. The van der Waals surface area contributed by atoms with Gasteiger partial charge in [-0.2, -0.15) is 0 Å². The molecule has 110 valence electrons. The van der Waals surface area contributed by atoms with Crippen LogP contribution in [-0.4, -0.2) is 18.0 Å². The summed E-state index contributed by atoms with van der Waals surface area (Å²) in [4.78, 5) is 12.2. The first kappa shape index (κ1) is 15.0. The quantitative estimate of drug-likeness (QED) is 0.886. The summed E-state index contributed by atoms with van der Waals surface area (Å²) in [5, 5.41) is 3.14. The lowest BCUT2D eigenvalue weighted by atomic mass is 9.80. The Morgan fingerprint density at radius 1 is 1.20 bits per heavy atom. The number of amides is 1. The first-order chi connectivity index (χ1) is 9.54. The van der Waals surface area contributed by atoms with Gasteiger partial charge in [0.05, 0.1) is 6.04 Å². The third-order valence-corrected chi connectivity index (χ3v) is 4.16. The molecule has 3 N–H and O–H groups in total. The fraction of sp³-hybridized carbons (Fsp3) is 0.588. The molecule has 1 aromatic rings. The molecule has 1 aromatic carbocycles. The van der Waals surface area contributed by atoms with Gasteiger partial charge in [-0.3, -0.25) is 4.79 Å². The van der Waals surface area contributed by atoms with Gasteiger partial charge in [0.2, 0.25) is 5.91 Å². The van der Waals surface area contributed by atoms with E-state index < -0.39 is 6.04 Å². The highest BCUT2D eigenvalue weighted by molar-refractivity contribution is 5.82. The van der Waals surface area contributed by atoms with Crippen molar-refractivity contribution in [3.05, 3.63) is 35.9 Å². The third kappa shape index (κ3) is 4.34. The molecular formula is C17H26N2O. The lowest BCUT2D eigenvalue weighted by Gasteiger charge is -2.32. The van der Waals surface area contributed by atoms with Gasteiger partial charge in [-0.15, -0.1) is 0 Å². The Balaban J connectivity index is 1.84. The number of benzene rings is 1. The molecule has 3 heteroatoms. The minimum absolute atomic E-state index is 0.0137. The molecule has 0 heterocycles. The van der Waals surface area contributed by atoms with Gasteiger partial charge >= 0.3 is 0 Å². The van der Waals surface area contributed by atoms with E-state index in [9.17, 15) is 4.79 Å². The standard InChI is InChI=1S/C17H26N2O/c1-12-8-13(2)10-15(9-12)19-17(20)16(18)11-14-6-4-3-5-7-14/h3-7,12-13,15-16H,8-11,18H2,1-2H3,(H,19,20). The van der Waals surface area contributed by atoms with Crippen LogP contribution in [0.15, 0.2) is 30.3 Å². The average molecular weight is 274 g/mol. The van der Waals surface area contributed by atoms with Gasteiger partial charge in [0.15, 0.2) is 0 Å². The van der Waals surface area contributed by atoms with Crippen molar-refractivity contribution < 1.29 is 4.79 Å². The summed E-state index contributed by atoms with van der Waals surface area (Å²) in [6, 6.07) is 9.79. The predicted molar refractivity (Wildman–Crippen MR) is 82.2 cm³/mol. The number of nitrogens with two attached hydrogens (primary N) is 1. The summed E-state index contributed by atoms with van der Waals surface area (Å²) < 4.78 is 0. The molecular weight excluding hydrogens is 248 g/mol. The summed E-state index contributed by atoms with van der Waals surface area (Å²) in [5.41, 5.74) is 7.14. The molecule has 0 radical (unpaired) electrons. The maximum Gasteiger partial charge on any atom is 0.237 e. The van der Waals surface area contributed by atoms with E-state index >= 15 is 0 Å². The highest BCUT2D eigenvalue weighted by atomic mass is 16.2. The van der Waals surface area contributed by atoms with Crippen molar-refractivity contribution in [2.75, 3.05) is 0 Å². The summed E-state index contributed by atoms with van der Waals surface area (Å²) in [6.07, 6.45) is 4.02. The van der Waals surface area contributed by atoms with E-state index in [-0.39, 0.29) is 5.91 Å². The van der Waals surface area contributed by atoms with Crippen molar-refractivity contribution >= 4 is 5.91 Å². The largest absolute Gasteiger partial charge is 0.352 e. The molecule has 0 bridgehead atoms. The van der Waals surface area contributed by atoms with E-state index in [1.165, 1.54) is 6.42 Å². The van der Waals surface area contributed by atoms with Crippen LogP contribution in [-0.2, 0) is 11.2 Å². The van der Waals surface area contributed by atoms with Crippen LogP contribution < -0.4 is 11.1 Å². The first-order valence-electron chi connectivity index (χ1n) is 7.64. The van der Waals surface area contributed by atoms with Gasteiger partial charge in [-0.1, -0.05) is 44.2 Å². The van der Waals surface area contributed by atoms with Crippen molar-refractivity contribution in [3.8, 4) is 0 Å². The minimum atomic E-state index is -0.454. The minimum Gasteiger partial charge on any atom is -0.352 e. The van der Waals surface area contributed by atoms with E-state index in [0.29, 0.717) is 24.3 Å². The van der Waals surface area contributed by atoms with Crippen LogP contribution in [0.3, 0.4) is 0 Å². The van der Waals surface area contributed by atoms with Gasteiger partial charge in [0, 0.05) is 6.04 Å². The highest BCUT2D eigenvalue weighted by Gasteiger charge is 2.26. The van der Waals surface area contributed by atoms with Gasteiger partial charge in [0.1, 0.15) is 0 Å². The molecule has 0 aliphatic heterocycles. The number of hydrogen-bond acceptors (Lipinski definition) is 2. The lowest BCUT2D eigenvalue weighted by Crippen LogP contribution is -2.48. The number of rotatable bonds is 4. The van der Waals surface area contributed by atoms with Gasteiger partial charge in [-0.25, -0.2) is 0 Å². The van der Waals surface area contributed by atoms with Crippen LogP contribution in [0, 0.1) is 11.8 Å². The topological polar surface area (TPSA) is 55.1 Å². The molecule has 1 aliphatic rings. The Hall–Kier alpha value is -1.35. The molecule has 20 heavy (non-hydrogen) atoms. The molecule has 1 aliphatic carbocycles. The number of carbonyl (C=O) groups is 1. The van der Waals surface area contributed by atoms with Gasteiger partial charge in [0.25, 0.3) is 0 Å². The van der Waals surface area contributed by atoms with Crippen molar-refractivity contribution in [2.24, 2.45) is 17.6 Å². The molecule has 1 amide bonds. The molecule has 0 saturated heterocycles. The Bertz CT molecular complexity index is 422. The molecule has 3 nitrogen and oxygen atoms in total. The van der Waals surface area contributed by atoms with Crippen LogP contribution in [0.25, 0.3) is 0 Å². The summed E-state index contributed by atoms with van der Waals surface area (Å²) in [5.74, 6) is 1.36. The summed E-state index contributed by atoms with van der Waals surface area (Å²) in [6.45, 7) is 4.53. The molecule has 3 unspecified atom stereocenters. The highest BCUT2D eigenvalue weighted by Crippen LogP contribution is 2.28. The van der Waals surface area contributed by atoms with Gasteiger partial charge < -0.3 is 11.1 Å². The number of nitrogens with one attached hydrogen (secondary N) is 1. The fourth-order valence-corrected chi connectivity index (χ4v) is 3.33. The Labute approximate surface area is 121 Å². The predicted octanol–water partition coefficient (Wildman–Crippen LogP) is 2.50. The van der Waals surface area contributed by atoms with Crippen LogP contribution >= 0.6 is 0 Å². The van der Waals surface area contributed by atoms with Gasteiger partial charge in [-0.05, 0) is 43.1 Å². The average Bonchev–Trinajstić information content (AvgIpc) is 2.38. The van der Waals surface area contributed by atoms with Crippen LogP contribution in [0.1, 0.15) is 38.7 Å². The van der Waals surface area contributed by atoms with Crippen LogP contribution in [0.4, 0.5) is 0 Å². The van der Waals surface area contributed by atoms with Crippen LogP contribution in [0.5, 0.6) is 0 Å². The first-order valence-corrected chi connectivity index (χ1v) is 7.64. The normalized spacial score (nSPS) is 27.9. The van der Waals surface area contributed by atoms with E-state index in [1.807, 2.05) is 30.3 Å². The summed E-state index contributed by atoms with van der Waals surface area (Å²) in [7, 11) is 0. The fourth-order valence-electron chi connectivity index (χ4n) is 3.33. The maximum atomic E-state index is 12.2. The Morgan fingerprint density at radius 2 is 1.80 bits per heavy atom. The molecule has 0 aromatic heterocycles. The van der Waals surface area contributed by atoms with Crippen molar-refractivity contribution in [3.63, 3.8) is 0 Å². The molecule has 1 fully saturated rings. The zero-order valence-electron chi connectivity index (χ0n) is 12.5. The van der Waals surface area contributed by atoms with Crippen molar-refractivity contribution in [2.45, 2.75) is 51.6 Å². The zero-order valence-corrected chi connectivity index (χ0v) is 12.5. The summed E-state index contributed by atoms with van der Waals surface area (Å²) >= 11 is 0. The molecule has 3 atom stereocenters. The zero-order chi connectivity index (χ0) is 14.5.